The van der Waals surface area contributed by atoms with Crippen LogP contribution >= 0.6 is 11.6 Å². The van der Waals surface area contributed by atoms with E-state index in [0.717, 1.165) is 48.1 Å². The van der Waals surface area contributed by atoms with Crippen LogP contribution in [0.15, 0.2) is 36.7 Å². The summed E-state index contributed by atoms with van der Waals surface area (Å²) >= 11 is 6.41. The second kappa shape index (κ2) is 10.3. The summed E-state index contributed by atoms with van der Waals surface area (Å²) in [6.07, 6.45) is 4.12. The van der Waals surface area contributed by atoms with Gasteiger partial charge in [0.15, 0.2) is 11.5 Å². The molecule has 2 aliphatic rings. The molecule has 1 aromatic heterocycles. The number of piperidine rings is 1. The summed E-state index contributed by atoms with van der Waals surface area (Å²) in [4.78, 5) is 24.2. The average Bonchev–Trinajstić information content (AvgIpc) is 2.87. The van der Waals surface area contributed by atoms with E-state index >= 15 is 0 Å². The second-order valence-corrected chi connectivity index (χ2v) is 9.54. The second-order valence-electron chi connectivity index (χ2n) is 9.10. The number of rotatable bonds is 1. The largest absolute Gasteiger partial charge is 0.493 e. The Labute approximate surface area is 210 Å². The molecule has 3 heterocycles. The number of nitrogens with zero attached hydrogens (tertiary/aromatic N) is 3. The maximum absolute atomic E-state index is 12.9. The molecule has 0 spiro atoms. The van der Waals surface area contributed by atoms with Crippen LogP contribution in [0.5, 0.6) is 11.5 Å². The first-order valence-electron chi connectivity index (χ1n) is 12.1. The summed E-state index contributed by atoms with van der Waals surface area (Å²) in [5, 5.41) is 8.05. The smallest absolute Gasteiger partial charge is 0.224 e. The fourth-order valence-corrected chi connectivity index (χ4v) is 5.12. The van der Waals surface area contributed by atoms with Crippen molar-refractivity contribution in [1.82, 2.24) is 20.2 Å². The number of carbonyl (C=O) groups excluding carboxylic acids is 1. The molecule has 8 nitrogen and oxygen atoms in total. The Morgan fingerprint density at radius 3 is 2.94 bits per heavy atom. The molecule has 2 N–H and O–H groups in total. The quantitative estimate of drug-likeness (QED) is 0.505. The van der Waals surface area contributed by atoms with Gasteiger partial charge in [0, 0.05) is 41.3 Å². The Bertz CT molecular complexity index is 1240. The van der Waals surface area contributed by atoms with Crippen molar-refractivity contribution in [2.45, 2.75) is 32.2 Å². The Morgan fingerprint density at radius 1 is 1.20 bits per heavy atom. The van der Waals surface area contributed by atoms with E-state index in [1.54, 1.807) is 7.11 Å². The van der Waals surface area contributed by atoms with Crippen molar-refractivity contribution in [2.75, 3.05) is 38.7 Å². The zero-order valence-corrected chi connectivity index (χ0v) is 20.8. The van der Waals surface area contributed by atoms with Crippen LogP contribution in [0.4, 0.5) is 11.5 Å². The standard InChI is InChI=1S/C26H30ClN5O3/c1-16-19-7-6-18(27)11-22(19)31-25-20-12-24(23(34-2)13-21(20)29-15-30-25)35-10-4-8-28-26(33)17-5-3-9-32(16)14-17/h6-7,11-13,15-17H,3-5,8-10,14H2,1-2H3,(H,28,33)(H,29,30,31). The number of methoxy groups -OCH3 is 1. The van der Waals surface area contributed by atoms with Gasteiger partial charge in [0.2, 0.25) is 5.91 Å². The Morgan fingerprint density at radius 2 is 2.09 bits per heavy atom. The van der Waals surface area contributed by atoms with Gasteiger partial charge in [-0.3, -0.25) is 9.69 Å². The monoisotopic (exact) mass is 495 g/mol. The van der Waals surface area contributed by atoms with Crippen LogP contribution in [0.2, 0.25) is 5.02 Å². The molecular formula is C26H30ClN5O3. The number of aromatic nitrogens is 2. The van der Waals surface area contributed by atoms with Gasteiger partial charge in [0.05, 0.1) is 25.2 Å². The molecule has 3 unspecified atom stereocenters. The number of amides is 1. The zero-order chi connectivity index (χ0) is 24.4. The number of carbonyl (C=O) groups is 1. The van der Waals surface area contributed by atoms with Crippen molar-refractivity contribution in [1.29, 1.82) is 0 Å². The van der Waals surface area contributed by atoms with Gasteiger partial charge >= 0.3 is 0 Å². The van der Waals surface area contributed by atoms with Crippen molar-refractivity contribution < 1.29 is 14.3 Å². The molecule has 35 heavy (non-hydrogen) atoms. The highest BCUT2D eigenvalue weighted by molar-refractivity contribution is 6.30. The number of halogens is 1. The summed E-state index contributed by atoms with van der Waals surface area (Å²) in [6, 6.07) is 9.72. The summed E-state index contributed by atoms with van der Waals surface area (Å²) in [5.74, 6) is 1.96. The van der Waals surface area contributed by atoms with Gasteiger partial charge in [-0.05, 0) is 56.5 Å². The van der Waals surface area contributed by atoms with Gasteiger partial charge in [-0.2, -0.15) is 0 Å². The van der Waals surface area contributed by atoms with Crippen molar-refractivity contribution in [3.8, 4) is 11.5 Å². The lowest BCUT2D eigenvalue weighted by Gasteiger charge is -2.37. The summed E-state index contributed by atoms with van der Waals surface area (Å²) in [7, 11) is 1.61. The van der Waals surface area contributed by atoms with E-state index < -0.39 is 0 Å². The molecule has 1 fully saturated rings. The lowest BCUT2D eigenvalue weighted by atomic mass is 9.94. The minimum absolute atomic E-state index is 0.0249. The van der Waals surface area contributed by atoms with Gasteiger partial charge in [0.25, 0.3) is 0 Å². The van der Waals surface area contributed by atoms with Crippen LogP contribution < -0.4 is 20.1 Å². The summed E-state index contributed by atoms with van der Waals surface area (Å²) in [5.41, 5.74) is 2.71. The van der Waals surface area contributed by atoms with Gasteiger partial charge in [0.1, 0.15) is 12.1 Å². The number of anilines is 2. The lowest BCUT2D eigenvalue weighted by Crippen LogP contribution is -2.44. The topological polar surface area (TPSA) is 88.6 Å². The maximum atomic E-state index is 12.9. The number of hydrogen-bond acceptors (Lipinski definition) is 7. The van der Waals surface area contributed by atoms with Gasteiger partial charge in [-0.1, -0.05) is 17.7 Å². The molecule has 5 rings (SSSR count). The van der Waals surface area contributed by atoms with Crippen LogP contribution in [0.1, 0.15) is 37.8 Å². The summed E-state index contributed by atoms with van der Waals surface area (Å²) < 4.78 is 11.6. The Hall–Kier alpha value is -3.10. The minimum Gasteiger partial charge on any atom is -0.493 e. The van der Waals surface area contributed by atoms with Crippen LogP contribution in [0, 0.1) is 5.92 Å². The highest BCUT2D eigenvalue weighted by Gasteiger charge is 2.29. The van der Waals surface area contributed by atoms with Crippen LogP contribution in [-0.2, 0) is 4.79 Å². The molecule has 3 atom stereocenters. The van der Waals surface area contributed by atoms with Crippen molar-refractivity contribution in [3.63, 3.8) is 0 Å². The SMILES string of the molecule is COc1cc2ncnc3c2cc1OCCCNC(=O)C1CCCN(C1)C(C)c1ccc(Cl)cc1N3. The molecule has 2 aromatic carbocycles. The Balaban J connectivity index is 1.60. The fourth-order valence-electron chi connectivity index (χ4n) is 4.94. The predicted octanol–water partition coefficient (Wildman–Crippen LogP) is 4.71. The highest BCUT2D eigenvalue weighted by atomic mass is 35.5. The molecule has 0 radical (unpaired) electrons. The first kappa shape index (κ1) is 23.6. The Kier molecular flexibility index (Phi) is 6.92. The zero-order valence-electron chi connectivity index (χ0n) is 20.0. The molecule has 2 aliphatic heterocycles. The number of benzene rings is 2. The maximum Gasteiger partial charge on any atom is 0.224 e. The van der Waals surface area contributed by atoms with Gasteiger partial charge in [-0.25, -0.2) is 9.97 Å². The molecule has 1 saturated heterocycles. The van der Waals surface area contributed by atoms with E-state index in [1.165, 1.54) is 6.33 Å². The molecule has 184 valence electrons. The molecular weight excluding hydrogens is 466 g/mol. The van der Waals surface area contributed by atoms with Crippen molar-refractivity contribution >= 4 is 39.9 Å². The average molecular weight is 496 g/mol. The number of ether oxygens (including phenoxy) is 2. The minimum atomic E-state index is -0.0249. The van der Waals surface area contributed by atoms with Crippen LogP contribution in [0.25, 0.3) is 10.9 Å². The number of hydrogen-bond donors (Lipinski definition) is 2. The molecule has 9 heteroatoms. The lowest BCUT2D eigenvalue weighted by molar-refractivity contribution is -0.127. The third kappa shape index (κ3) is 4.99. The first-order valence-corrected chi connectivity index (χ1v) is 12.4. The molecule has 4 bridgehead atoms. The van der Waals surface area contributed by atoms with Gasteiger partial charge in [-0.15, -0.1) is 0 Å². The van der Waals surface area contributed by atoms with E-state index in [0.29, 0.717) is 41.9 Å². The molecule has 0 saturated carbocycles. The van der Waals surface area contributed by atoms with E-state index in [-0.39, 0.29) is 17.9 Å². The van der Waals surface area contributed by atoms with Crippen LogP contribution in [-0.4, -0.2) is 54.1 Å². The summed E-state index contributed by atoms with van der Waals surface area (Å²) in [6.45, 7) is 4.86. The van der Waals surface area contributed by atoms with E-state index in [2.05, 4.69) is 32.4 Å². The number of nitrogens with one attached hydrogen (secondary N) is 2. The normalized spacial score (nSPS) is 22.9. The fraction of sp³-hybridized carbons (Fsp3) is 0.423. The van der Waals surface area contributed by atoms with Crippen molar-refractivity contribution in [2.24, 2.45) is 5.92 Å². The third-order valence-electron chi connectivity index (χ3n) is 6.89. The van der Waals surface area contributed by atoms with Gasteiger partial charge < -0.3 is 20.1 Å². The molecule has 3 aromatic rings. The van der Waals surface area contributed by atoms with E-state index in [4.69, 9.17) is 21.1 Å². The highest BCUT2D eigenvalue weighted by Crippen LogP contribution is 2.38. The van der Waals surface area contributed by atoms with Crippen molar-refractivity contribution in [3.05, 3.63) is 47.2 Å². The van der Waals surface area contributed by atoms with Crippen LogP contribution in [0.3, 0.4) is 0 Å². The first-order chi connectivity index (χ1) is 17.0. The van der Waals surface area contributed by atoms with E-state index in [1.807, 2.05) is 30.3 Å². The molecule has 1 amide bonds. The number of fused-ring (bicyclic) bond motifs is 4. The third-order valence-corrected chi connectivity index (χ3v) is 7.12. The predicted molar refractivity (Wildman–Crippen MR) is 137 cm³/mol. The van der Waals surface area contributed by atoms with E-state index in [9.17, 15) is 4.79 Å². The molecule has 0 aliphatic carbocycles.